The second kappa shape index (κ2) is 12.4. The molecule has 3 unspecified atom stereocenters. The molecule has 0 heterocycles. The number of anilines is 1. The van der Waals surface area contributed by atoms with E-state index >= 15 is 0 Å². The lowest BCUT2D eigenvalue weighted by Gasteiger charge is -2.39. The number of benzene rings is 3. The first kappa shape index (κ1) is 31.8. The van der Waals surface area contributed by atoms with Crippen molar-refractivity contribution in [3.63, 3.8) is 0 Å². The fourth-order valence-corrected chi connectivity index (χ4v) is 9.26. The number of hydrogen-bond donors (Lipinski definition) is 2. The zero-order chi connectivity index (χ0) is 31.8. The molecule has 2 aliphatic carbocycles. The van der Waals surface area contributed by atoms with Gasteiger partial charge in [0.2, 0.25) is 0 Å². The molecule has 2 saturated carbocycles. The molecular formula is C31H30ClF3N2O6S. The minimum Gasteiger partial charge on any atom is -0.497 e. The van der Waals surface area contributed by atoms with Crippen molar-refractivity contribution < 1.29 is 41.1 Å². The minimum atomic E-state index is -4.11. The number of carbonyl (C=O) groups is 1. The number of nitrogens with zero attached hydrogens (tertiary/aromatic N) is 1. The van der Waals surface area contributed by atoms with Crippen LogP contribution in [0.3, 0.4) is 0 Å². The number of hydrogen-bond acceptors (Lipinski definition) is 7. The molecule has 2 fully saturated rings. The van der Waals surface area contributed by atoms with E-state index in [0.29, 0.717) is 24.3 Å². The average molecular weight is 651 g/mol. The van der Waals surface area contributed by atoms with Crippen LogP contribution in [-0.2, 0) is 21.3 Å². The second-order valence-corrected chi connectivity index (χ2v) is 13.9. The van der Waals surface area contributed by atoms with E-state index in [-0.39, 0.29) is 46.5 Å². The minimum absolute atomic E-state index is 0.0339. The number of methoxy groups -OCH3 is 1. The van der Waals surface area contributed by atoms with Crippen LogP contribution in [0.5, 0.6) is 5.75 Å². The molecule has 13 heteroatoms. The number of ether oxygens (including phenoxy) is 1. The monoisotopic (exact) mass is 650 g/mol. The van der Waals surface area contributed by atoms with Crippen LogP contribution < -0.4 is 10.1 Å². The predicted octanol–water partition coefficient (Wildman–Crippen LogP) is 6.16. The Kier molecular flexibility index (Phi) is 8.97. The van der Waals surface area contributed by atoms with Crippen LogP contribution >= 0.6 is 11.6 Å². The Morgan fingerprint density at radius 3 is 2.55 bits per heavy atom. The summed E-state index contributed by atoms with van der Waals surface area (Å²) in [5.41, 5.74) is -1.04. The molecule has 1 amide bonds. The van der Waals surface area contributed by atoms with Gasteiger partial charge in [-0.3, -0.25) is 4.79 Å². The van der Waals surface area contributed by atoms with Crippen molar-refractivity contribution in [1.82, 2.24) is 0 Å². The van der Waals surface area contributed by atoms with Gasteiger partial charge < -0.3 is 20.0 Å². The first-order valence-corrected chi connectivity index (χ1v) is 15.7. The zero-order valence-electron chi connectivity index (χ0n) is 23.8. The number of carbonyl (C=O) groups excluding carboxylic acids is 1. The molecule has 2 N–H and O–H groups in total. The molecule has 0 saturated heterocycles. The lowest BCUT2D eigenvalue weighted by atomic mass is 9.77. The van der Waals surface area contributed by atoms with Crippen LogP contribution in [0.1, 0.15) is 42.1 Å². The predicted molar refractivity (Wildman–Crippen MR) is 158 cm³/mol. The van der Waals surface area contributed by atoms with Crippen LogP contribution in [-0.4, -0.2) is 43.6 Å². The van der Waals surface area contributed by atoms with Crippen LogP contribution in [0.15, 0.2) is 64.6 Å². The van der Waals surface area contributed by atoms with E-state index in [4.69, 9.17) is 21.2 Å². The number of oxime groups is 1. The highest BCUT2D eigenvalue weighted by molar-refractivity contribution is 7.92. The van der Waals surface area contributed by atoms with E-state index in [9.17, 15) is 31.5 Å². The van der Waals surface area contributed by atoms with Gasteiger partial charge in [-0.05, 0) is 72.9 Å². The Hall–Kier alpha value is -3.61. The number of halogens is 4. The maximum Gasteiger partial charge on any atom is 0.255 e. The molecular weight excluding hydrogens is 621 g/mol. The van der Waals surface area contributed by atoms with E-state index < -0.39 is 55.9 Å². The summed E-state index contributed by atoms with van der Waals surface area (Å²) >= 11 is 6.34. The first-order valence-electron chi connectivity index (χ1n) is 13.8. The summed E-state index contributed by atoms with van der Waals surface area (Å²) in [5.74, 6) is -5.77. The van der Waals surface area contributed by atoms with E-state index in [0.717, 1.165) is 11.6 Å². The molecule has 0 aromatic heterocycles. The Balaban J connectivity index is 1.32. The molecule has 5 atom stereocenters. The van der Waals surface area contributed by atoms with Crippen molar-refractivity contribution in [3.8, 4) is 5.75 Å². The van der Waals surface area contributed by atoms with Gasteiger partial charge in [-0.25, -0.2) is 21.6 Å². The van der Waals surface area contributed by atoms with Gasteiger partial charge in [0.05, 0.1) is 28.5 Å². The van der Waals surface area contributed by atoms with Crippen molar-refractivity contribution in [2.45, 2.75) is 48.5 Å². The van der Waals surface area contributed by atoms with Crippen molar-refractivity contribution >= 4 is 39.2 Å². The standard InChI is InChI=1S/C31H30ClF3N2O6S/c1-17-8-20-13-31(39,16-36-43-15-18-4-3-5-22(9-18)42-2)14-23(17)29(20)44(40,41)27-10-19(6-7-24(27)32)30(38)37-21-11-25(33)28(35)26(34)12-21/h3-7,9-12,16-17,20,23,29,39H,8,13-15H2,1-2H3,(H,37,38)/b36-16+/t17-,20-,23?,29?,31?/m1/s1. The maximum absolute atomic E-state index is 14.0. The van der Waals surface area contributed by atoms with Crippen LogP contribution in [0.25, 0.3) is 0 Å². The summed E-state index contributed by atoms with van der Waals surface area (Å²) in [4.78, 5) is 18.0. The topological polar surface area (TPSA) is 114 Å². The Morgan fingerprint density at radius 2 is 1.86 bits per heavy atom. The number of fused-ring (bicyclic) bond motifs is 2. The van der Waals surface area contributed by atoms with Crippen molar-refractivity contribution in [1.29, 1.82) is 0 Å². The summed E-state index contributed by atoms with van der Waals surface area (Å²) in [7, 11) is -2.55. The summed E-state index contributed by atoms with van der Waals surface area (Å²) in [5, 5.41) is 16.6. The molecule has 2 aliphatic rings. The largest absolute Gasteiger partial charge is 0.497 e. The average Bonchev–Trinajstić information content (AvgIpc) is 3.20. The summed E-state index contributed by atoms with van der Waals surface area (Å²) < 4.78 is 73.8. The SMILES string of the molecule is COc1cccc(CO/N=C/C2(O)CC3C(S(=O)(=O)c4cc(C(=O)Nc5cc(F)c(F)c(F)c5)ccc4Cl)[C@H](C[C@H]3C)C2)c1. The van der Waals surface area contributed by atoms with Crippen LogP contribution in [0.4, 0.5) is 18.9 Å². The summed E-state index contributed by atoms with van der Waals surface area (Å²) in [6.45, 7) is 2.08. The number of sulfone groups is 1. The Labute approximate surface area is 257 Å². The van der Waals surface area contributed by atoms with E-state index in [1.165, 1.54) is 18.3 Å². The molecule has 234 valence electrons. The molecule has 0 radical (unpaired) electrons. The summed E-state index contributed by atoms with van der Waals surface area (Å²) in [6.07, 6.45) is 2.13. The van der Waals surface area contributed by atoms with E-state index in [1.807, 2.05) is 19.1 Å². The smallest absolute Gasteiger partial charge is 0.255 e. The lowest BCUT2D eigenvalue weighted by Crippen LogP contribution is -2.47. The van der Waals surface area contributed by atoms with Gasteiger partial charge in [0.15, 0.2) is 27.3 Å². The maximum atomic E-state index is 14.0. The molecule has 2 bridgehead atoms. The highest BCUT2D eigenvalue weighted by atomic mass is 35.5. The van der Waals surface area contributed by atoms with Crippen molar-refractivity contribution in [2.24, 2.45) is 22.9 Å². The third-order valence-corrected chi connectivity index (χ3v) is 11.2. The highest BCUT2D eigenvalue weighted by Gasteiger charge is 2.56. The number of nitrogens with one attached hydrogen (secondary N) is 1. The number of rotatable bonds is 9. The fraction of sp³-hybridized carbons (Fsp3) is 0.355. The van der Waals surface area contributed by atoms with Gasteiger partial charge in [0.25, 0.3) is 5.91 Å². The highest BCUT2D eigenvalue weighted by Crippen LogP contribution is 2.53. The van der Waals surface area contributed by atoms with Gasteiger partial charge in [-0.15, -0.1) is 0 Å². The number of aliphatic hydroxyl groups is 1. The van der Waals surface area contributed by atoms with Gasteiger partial charge >= 0.3 is 0 Å². The van der Waals surface area contributed by atoms with Gasteiger partial charge in [0.1, 0.15) is 18.0 Å². The van der Waals surface area contributed by atoms with Gasteiger partial charge in [-0.1, -0.05) is 35.8 Å². The Morgan fingerprint density at radius 1 is 1.14 bits per heavy atom. The normalized spacial score (nSPS) is 24.8. The molecule has 0 aliphatic heterocycles. The quantitative estimate of drug-likeness (QED) is 0.163. The van der Waals surface area contributed by atoms with E-state index in [2.05, 4.69) is 10.5 Å². The lowest BCUT2D eigenvalue weighted by molar-refractivity contribution is 0.0382. The molecule has 5 rings (SSSR count). The second-order valence-electron chi connectivity index (χ2n) is 11.4. The third kappa shape index (κ3) is 6.43. The first-order chi connectivity index (χ1) is 20.8. The molecule has 0 spiro atoms. The zero-order valence-corrected chi connectivity index (χ0v) is 25.3. The summed E-state index contributed by atoms with van der Waals surface area (Å²) in [6, 6.07) is 12.1. The van der Waals surface area contributed by atoms with Crippen molar-refractivity contribution in [2.75, 3.05) is 12.4 Å². The number of amides is 1. The van der Waals surface area contributed by atoms with Gasteiger partial charge in [-0.2, -0.15) is 0 Å². The molecule has 8 nitrogen and oxygen atoms in total. The van der Waals surface area contributed by atoms with Gasteiger partial charge in [0, 0.05) is 23.4 Å². The van der Waals surface area contributed by atoms with Crippen molar-refractivity contribution in [3.05, 3.63) is 88.2 Å². The van der Waals surface area contributed by atoms with E-state index in [1.54, 1.807) is 19.2 Å². The fourth-order valence-electron chi connectivity index (χ4n) is 6.36. The molecule has 3 aromatic carbocycles. The molecule has 3 aromatic rings. The third-order valence-electron chi connectivity index (χ3n) is 8.33. The van der Waals surface area contributed by atoms with Crippen LogP contribution in [0.2, 0.25) is 5.02 Å². The molecule has 44 heavy (non-hydrogen) atoms. The van der Waals surface area contributed by atoms with Crippen LogP contribution in [0, 0.1) is 35.2 Å². The Bertz CT molecular complexity index is 1700.